The largest absolute Gasteiger partial charge is 0.486 e. The molecule has 1 N–H and O–H groups in total. The van der Waals surface area contributed by atoms with E-state index in [1.807, 2.05) is 0 Å². The minimum atomic E-state index is -2.95. The molecule has 4 rings (SSSR count). The van der Waals surface area contributed by atoms with E-state index in [9.17, 15) is 13.6 Å². The van der Waals surface area contributed by atoms with Gasteiger partial charge >= 0.3 is 6.61 Å². The lowest BCUT2D eigenvalue weighted by Gasteiger charge is -2.20. The quantitative estimate of drug-likeness (QED) is 0.601. The Kier molecular flexibility index (Phi) is 5.50. The highest BCUT2D eigenvalue weighted by atomic mass is 35.5. The van der Waals surface area contributed by atoms with E-state index in [2.05, 4.69) is 15.0 Å². The van der Waals surface area contributed by atoms with Crippen LogP contribution < -0.4 is 19.5 Å². The second-order valence-corrected chi connectivity index (χ2v) is 7.11. The Morgan fingerprint density at radius 1 is 1.24 bits per heavy atom. The summed E-state index contributed by atoms with van der Waals surface area (Å²) in [6.07, 6.45) is 0. The molecule has 0 radical (unpaired) electrons. The van der Waals surface area contributed by atoms with Gasteiger partial charge in [0.25, 0.3) is 5.91 Å². The van der Waals surface area contributed by atoms with Crippen LogP contribution in [0, 0.1) is 0 Å². The van der Waals surface area contributed by atoms with Gasteiger partial charge in [-0.2, -0.15) is 8.78 Å². The summed E-state index contributed by atoms with van der Waals surface area (Å²) in [6, 6.07) is 9.32. The number of thiazole rings is 1. The van der Waals surface area contributed by atoms with E-state index in [0.717, 1.165) is 11.3 Å². The van der Waals surface area contributed by atoms with Crippen molar-refractivity contribution in [3.05, 3.63) is 52.4 Å². The van der Waals surface area contributed by atoms with Crippen LogP contribution in [0.4, 0.5) is 13.9 Å². The minimum Gasteiger partial charge on any atom is -0.486 e. The van der Waals surface area contributed by atoms with E-state index in [4.69, 9.17) is 21.1 Å². The number of aromatic nitrogens is 1. The number of hydrogen-bond donors (Lipinski definition) is 1. The number of nitrogens with zero attached hydrogens (tertiary/aromatic N) is 1. The number of carbonyl (C=O) groups excluding carboxylic acids is 1. The Morgan fingerprint density at radius 2 is 2.03 bits per heavy atom. The SMILES string of the molecule is O=C(Nc1nc(-c2ccccc2OC(F)F)cs1)c1cc(Cl)c2c(c1)OCCO2. The summed E-state index contributed by atoms with van der Waals surface area (Å²) in [4.78, 5) is 16.9. The van der Waals surface area contributed by atoms with Crippen LogP contribution in [0.3, 0.4) is 0 Å². The predicted octanol–water partition coefficient (Wildman–Crippen LogP) is 5.09. The maximum atomic E-state index is 12.6. The number of anilines is 1. The molecule has 3 aromatic rings. The molecule has 29 heavy (non-hydrogen) atoms. The smallest absolute Gasteiger partial charge is 0.387 e. The molecule has 10 heteroatoms. The van der Waals surface area contributed by atoms with Crippen LogP contribution in [0.15, 0.2) is 41.8 Å². The molecule has 2 heterocycles. The summed E-state index contributed by atoms with van der Waals surface area (Å²) in [5.41, 5.74) is 1.08. The summed E-state index contributed by atoms with van der Waals surface area (Å²) >= 11 is 7.32. The first-order valence-electron chi connectivity index (χ1n) is 8.41. The molecule has 150 valence electrons. The summed E-state index contributed by atoms with van der Waals surface area (Å²) in [5, 5.41) is 4.87. The molecule has 0 fully saturated rings. The van der Waals surface area contributed by atoms with Crippen molar-refractivity contribution in [2.75, 3.05) is 18.5 Å². The summed E-state index contributed by atoms with van der Waals surface area (Å²) in [5.74, 6) is 0.361. The first-order chi connectivity index (χ1) is 14.0. The molecule has 1 aliphatic rings. The summed E-state index contributed by atoms with van der Waals surface area (Å²) < 4.78 is 40.7. The molecule has 0 aliphatic carbocycles. The fourth-order valence-corrected chi connectivity index (χ4v) is 3.71. The van der Waals surface area contributed by atoms with Crippen LogP contribution in [0.1, 0.15) is 10.4 Å². The highest BCUT2D eigenvalue weighted by Crippen LogP contribution is 2.39. The van der Waals surface area contributed by atoms with Gasteiger partial charge in [0, 0.05) is 16.5 Å². The van der Waals surface area contributed by atoms with Crippen LogP contribution >= 0.6 is 22.9 Å². The lowest BCUT2D eigenvalue weighted by molar-refractivity contribution is -0.0494. The van der Waals surface area contributed by atoms with Crippen LogP contribution in [-0.4, -0.2) is 30.7 Å². The van der Waals surface area contributed by atoms with Crippen LogP contribution in [0.5, 0.6) is 17.2 Å². The van der Waals surface area contributed by atoms with Crippen molar-refractivity contribution in [1.82, 2.24) is 4.98 Å². The zero-order valence-corrected chi connectivity index (χ0v) is 16.2. The van der Waals surface area contributed by atoms with Gasteiger partial charge in [0.2, 0.25) is 0 Å². The normalized spacial score (nSPS) is 12.7. The molecule has 1 amide bonds. The number of hydrogen-bond acceptors (Lipinski definition) is 6. The van der Waals surface area contributed by atoms with Gasteiger partial charge in [-0.15, -0.1) is 11.3 Å². The molecule has 1 aliphatic heterocycles. The molecule has 0 atom stereocenters. The summed E-state index contributed by atoms with van der Waals surface area (Å²) in [6.45, 7) is -2.20. The van der Waals surface area contributed by atoms with Crippen LogP contribution in [-0.2, 0) is 0 Å². The Balaban J connectivity index is 1.54. The number of amides is 1. The third-order valence-electron chi connectivity index (χ3n) is 3.96. The van der Waals surface area contributed by atoms with Gasteiger partial charge in [0.15, 0.2) is 16.6 Å². The number of carbonyl (C=O) groups is 1. The number of ether oxygens (including phenoxy) is 3. The topological polar surface area (TPSA) is 69.7 Å². The van der Waals surface area contributed by atoms with Gasteiger partial charge in [-0.05, 0) is 24.3 Å². The molecular weight excluding hydrogens is 426 g/mol. The van der Waals surface area contributed by atoms with E-state index >= 15 is 0 Å². The number of fused-ring (bicyclic) bond motifs is 1. The van der Waals surface area contributed by atoms with Crippen LogP contribution in [0.25, 0.3) is 11.3 Å². The van der Waals surface area contributed by atoms with E-state index in [1.165, 1.54) is 18.2 Å². The Morgan fingerprint density at radius 3 is 2.86 bits per heavy atom. The van der Waals surface area contributed by atoms with Gasteiger partial charge in [0.05, 0.1) is 10.7 Å². The average molecular weight is 439 g/mol. The van der Waals surface area contributed by atoms with Gasteiger partial charge < -0.3 is 14.2 Å². The molecule has 0 spiro atoms. The van der Waals surface area contributed by atoms with Crippen molar-refractivity contribution in [3.63, 3.8) is 0 Å². The van der Waals surface area contributed by atoms with Crippen LogP contribution in [0.2, 0.25) is 5.02 Å². The maximum absolute atomic E-state index is 12.6. The lowest BCUT2D eigenvalue weighted by Crippen LogP contribution is -2.17. The fourth-order valence-electron chi connectivity index (χ4n) is 2.74. The van der Waals surface area contributed by atoms with E-state index in [-0.39, 0.29) is 16.3 Å². The highest BCUT2D eigenvalue weighted by Gasteiger charge is 2.20. The first-order valence-corrected chi connectivity index (χ1v) is 9.67. The number of benzene rings is 2. The average Bonchev–Trinajstić information content (AvgIpc) is 3.16. The molecule has 6 nitrogen and oxygen atoms in total. The Bertz CT molecular complexity index is 1060. The molecule has 2 aromatic carbocycles. The Labute approximate surface area is 173 Å². The zero-order chi connectivity index (χ0) is 20.4. The molecule has 0 unspecified atom stereocenters. The number of rotatable bonds is 5. The number of nitrogens with one attached hydrogen (secondary N) is 1. The van der Waals surface area contributed by atoms with Crippen molar-refractivity contribution >= 4 is 34.0 Å². The molecule has 0 saturated carbocycles. The lowest BCUT2D eigenvalue weighted by atomic mass is 10.1. The number of alkyl halides is 2. The molecule has 0 bridgehead atoms. The summed E-state index contributed by atoms with van der Waals surface area (Å²) in [7, 11) is 0. The second kappa shape index (κ2) is 8.22. The highest BCUT2D eigenvalue weighted by molar-refractivity contribution is 7.14. The van der Waals surface area contributed by atoms with Gasteiger partial charge in [0.1, 0.15) is 19.0 Å². The van der Waals surface area contributed by atoms with Gasteiger partial charge in [-0.3, -0.25) is 10.1 Å². The third kappa shape index (κ3) is 4.25. The van der Waals surface area contributed by atoms with E-state index < -0.39 is 12.5 Å². The number of halogens is 3. The second-order valence-electron chi connectivity index (χ2n) is 5.85. The van der Waals surface area contributed by atoms with Crippen molar-refractivity contribution < 1.29 is 27.8 Å². The molecule has 1 aromatic heterocycles. The first kappa shape index (κ1) is 19.4. The monoisotopic (exact) mass is 438 g/mol. The maximum Gasteiger partial charge on any atom is 0.387 e. The minimum absolute atomic E-state index is 0.00398. The van der Waals surface area contributed by atoms with Crippen molar-refractivity contribution in [1.29, 1.82) is 0 Å². The van der Waals surface area contributed by atoms with Crippen molar-refractivity contribution in [3.8, 4) is 28.5 Å². The molecular formula is C19H13ClF2N2O4S. The zero-order valence-electron chi connectivity index (χ0n) is 14.7. The van der Waals surface area contributed by atoms with Gasteiger partial charge in [-0.25, -0.2) is 4.98 Å². The Hall–Kier alpha value is -2.91. The molecule has 0 saturated heterocycles. The van der Waals surface area contributed by atoms with E-state index in [0.29, 0.717) is 41.1 Å². The predicted molar refractivity (Wildman–Crippen MR) is 105 cm³/mol. The van der Waals surface area contributed by atoms with Crippen molar-refractivity contribution in [2.24, 2.45) is 0 Å². The fraction of sp³-hybridized carbons (Fsp3) is 0.158. The van der Waals surface area contributed by atoms with Gasteiger partial charge in [-0.1, -0.05) is 23.7 Å². The van der Waals surface area contributed by atoms with Crippen molar-refractivity contribution in [2.45, 2.75) is 6.61 Å². The standard InChI is InChI=1S/C19H13ClF2N2O4S/c20-12-7-10(8-15-16(12)27-6-5-26-15)17(25)24-19-23-13(9-29-19)11-3-1-2-4-14(11)28-18(21)22/h1-4,7-9,18H,5-6H2,(H,23,24,25). The van der Waals surface area contributed by atoms with E-state index in [1.54, 1.807) is 23.6 Å². The third-order valence-corrected chi connectivity index (χ3v) is 5.00. The number of para-hydroxylation sites is 1.